The molecule has 3 heteroatoms. The molecule has 3 nitrogen and oxygen atoms in total. The third kappa shape index (κ3) is 3.03. The fraction of sp³-hybridized carbons (Fsp3) is 0.650. The van der Waals surface area contributed by atoms with E-state index in [-0.39, 0.29) is 17.4 Å². The van der Waals surface area contributed by atoms with Crippen LogP contribution in [-0.4, -0.2) is 36.0 Å². The van der Waals surface area contributed by atoms with Gasteiger partial charge in [0.05, 0.1) is 6.04 Å². The lowest BCUT2D eigenvalue weighted by molar-refractivity contribution is -0.126. The number of nitrogens with one attached hydrogen (secondary N) is 1. The SMILES string of the molecule is O=C(NCC1(c2ccccc2)CC1)C1CCCN1C1CCCC1. The van der Waals surface area contributed by atoms with Crippen molar-refractivity contribution in [3.05, 3.63) is 35.9 Å². The number of amides is 1. The average Bonchev–Trinajstić information content (AvgIpc) is 3.01. The molecule has 2 aliphatic carbocycles. The quantitative estimate of drug-likeness (QED) is 0.905. The first-order valence-corrected chi connectivity index (χ1v) is 9.38. The highest BCUT2D eigenvalue weighted by atomic mass is 16.2. The van der Waals surface area contributed by atoms with Crippen LogP contribution < -0.4 is 5.32 Å². The number of rotatable bonds is 5. The molecule has 0 bridgehead atoms. The van der Waals surface area contributed by atoms with Crippen LogP contribution in [-0.2, 0) is 10.2 Å². The van der Waals surface area contributed by atoms with E-state index in [1.54, 1.807) is 0 Å². The number of hydrogen-bond acceptors (Lipinski definition) is 2. The summed E-state index contributed by atoms with van der Waals surface area (Å²) in [6.45, 7) is 1.93. The Morgan fingerprint density at radius 1 is 1.09 bits per heavy atom. The van der Waals surface area contributed by atoms with Crippen molar-refractivity contribution >= 4 is 5.91 Å². The highest BCUT2D eigenvalue weighted by Gasteiger charge is 2.45. The van der Waals surface area contributed by atoms with Crippen molar-refractivity contribution in [2.24, 2.45) is 0 Å². The van der Waals surface area contributed by atoms with Gasteiger partial charge in [-0.2, -0.15) is 0 Å². The van der Waals surface area contributed by atoms with E-state index in [1.165, 1.54) is 50.5 Å². The fourth-order valence-corrected chi connectivity index (χ4v) is 4.63. The molecule has 1 atom stereocenters. The molecule has 23 heavy (non-hydrogen) atoms. The maximum absolute atomic E-state index is 12.8. The summed E-state index contributed by atoms with van der Waals surface area (Å²) in [5, 5.41) is 3.30. The molecule has 1 heterocycles. The molecule has 0 spiro atoms. The molecule has 1 N–H and O–H groups in total. The minimum atomic E-state index is 0.129. The van der Waals surface area contributed by atoms with Crippen LogP contribution in [0.2, 0.25) is 0 Å². The summed E-state index contributed by atoms with van der Waals surface area (Å²) in [7, 11) is 0. The molecular formula is C20H28N2O. The van der Waals surface area contributed by atoms with E-state index in [4.69, 9.17) is 0 Å². The maximum Gasteiger partial charge on any atom is 0.237 e. The van der Waals surface area contributed by atoms with Crippen molar-refractivity contribution in [3.63, 3.8) is 0 Å². The molecule has 124 valence electrons. The van der Waals surface area contributed by atoms with Gasteiger partial charge < -0.3 is 5.32 Å². The number of carbonyl (C=O) groups is 1. The Bertz CT molecular complexity index is 546. The van der Waals surface area contributed by atoms with Gasteiger partial charge in [-0.25, -0.2) is 0 Å². The first kappa shape index (κ1) is 15.2. The highest BCUT2D eigenvalue weighted by molar-refractivity contribution is 5.82. The summed E-state index contributed by atoms with van der Waals surface area (Å²) in [4.78, 5) is 15.3. The number of carbonyl (C=O) groups excluding carboxylic acids is 1. The second-order valence-electron chi connectivity index (χ2n) is 7.70. The van der Waals surface area contributed by atoms with Crippen LogP contribution in [0.15, 0.2) is 30.3 Å². The number of hydrogen-bond donors (Lipinski definition) is 1. The highest BCUT2D eigenvalue weighted by Crippen LogP contribution is 2.47. The third-order valence-electron chi connectivity index (χ3n) is 6.23. The smallest absolute Gasteiger partial charge is 0.237 e. The van der Waals surface area contributed by atoms with Crippen molar-refractivity contribution in [2.75, 3.05) is 13.1 Å². The molecule has 1 aliphatic heterocycles. The number of benzene rings is 1. The van der Waals surface area contributed by atoms with Gasteiger partial charge in [0.2, 0.25) is 5.91 Å². The molecule has 1 unspecified atom stereocenters. The summed E-state index contributed by atoms with van der Waals surface area (Å²) < 4.78 is 0. The van der Waals surface area contributed by atoms with Crippen molar-refractivity contribution in [2.45, 2.75) is 68.9 Å². The summed E-state index contributed by atoms with van der Waals surface area (Å²) >= 11 is 0. The first-order valence-electron chi connectivity index (χ1n) is 9.38. The van der Waals surface area contributed by atoms with Crippen LogP contribution in [0.3, 0.4) is 0 Å². The standard InChI is InChI=1S/C20H28N2O/c23-19(18-11-6-14-22(18)17-9-4-5-10-17)21-15-20(12-13-20)16-7-2-1-3-8-16/h1-3,7-8,17-18H,4-6,9-15H2,(H,21,23). The molecule has 1 aromatic carbocycles. The van der Waals surface area contributed by atoms with Gasteiger partial charge in [0.1, 0.15) is 0 Å². The molecule has 0 radical (unpaired) electrons. The Balaban J connectivity index is 1.36. The lowest BCUT2D eigenvalue weighted by atomic mass is 9.96. The van der Waals surface area contributed by atoms with E-state index < -0.39 is 0 Å². The van der Waals surface area contributed by atoms with Crippen LogP contribution in [0, 0.1) is 0 Å². The van der Waals surface area contributed by atoms with E-state index in [0.717, 1.165) is 19.5 Å². The van der Waals surface area contributed by atoms with E-state index in [2.05, 4.69) is 40.5 Å². The number of likely N-dealkylation sites (tertiary alicyclic amines) is 1. The second kappa shape index (κ2) is 6.27. The monoisotopic (exact) mass is 312 g/mol. The Morgan fingerprint density at radius 2 is 1.83 bits per heavy atom. The van der Waals surface area contributed by atoms with E-state index in [0.29, 0.717) is 6.04 Å². The van der Waals surface area contributed by atoms with E-state index in [9.17, 15) is 4.79 Å². The van der Waals surface area contributed by atoms with E-state index in [1.807, 2.05) is 0 Å². The Labute approximate surface area is 139 Å². The largest absolute Gasteiger partial charge is 0.354 e. The van der Waals surface area contributed by atoms with Crippen LogP contribution in [0.1, 0.15) is 56.9 Å². The van der Waals surface area contributed by atoms with Gasteiger partial charge in [-0.3, -0.25) is 9.69 Å². The molecule has 3 fully saturated rings. The molecule has 1 saturated heterocycles. The summed E-state index contributed by atoms with van der Waals surface area (Å²) in [6, 6.07) is 11.5. The Kier molecular flexibility index (Phi) is 4.14. The van der Waals surface area contributed by atoms with Gasteiger partial charge in [0, 0.05) is 18.0 Å². The van der Waals surface area contributed by atoms with E-state index >= 15 is 0 Å². The predicted octanol–water partition coefficient (Wildman–Crippen LogP) is 3.24. The minimum absolute atomic E-state index is 0.129. The minimum Gasteiger partial charge on any atom is -0.354 e. The first-order chi connectivity index (χ1) is 11.3. The van der Waals surface area contributed by atoms with Gasteiger partial charge in [0.15, 0.2) is 0 Å². The lowest BCUT2D eigenvalue weighted by Gasteiger charge is -2.30. The van der Waals surface area contributed by atoms with Gasteiger partial charge in [-0.05, 0) is 50.6 Å². The molecule has 1 amide bonds. The molecule has 4 rings (SSSR count). The Morgan fingerprint density at radius 3 is 2.52 bits per heavy atom. The molecular weight excluding hydrogens is 284 g/mol. The molecule has 0 aromatic heterocycles. The van der Waals surface area contributed by atoms with Crippen LogP contribution in [0.5, 0.6) is 0 Å². The maximum atomic E-state index is 12.8. The topological polar surface area (TPSA) is 32.3 Å². The second-order valence-corrected chi connectivity index (χ2v) is 7.70. The zero-order chi connectivity index (χ0) is 15.7. The van der Waals surface area contributed by atoms with Gasteiger partial charge in [0.25, 0.3) is 0 Å². The van der Waals surface area contributed by atoms with Gasteiger partial charge in [-0.1, -0.05) is 43.2 Å². The third-order valence-corrected chi connectivity index (χ3v) is 6.23. The summed E-state index contributed by atoms with van der Waals surface area (Å²) in [6.07, 6.45) is 9.89. The molecule has 2 saturated carbocycles. The number of nitrogens with zero attached hydrogens (tertiary/aromatic N) is 1. The van der Waals surface area contributed by atoms with Crippen molar-refractivity contribution in [3.8, 4) is 0 Å². The normalized spacial score (nSPS) is 27.2. The fourth-order valence-electron chi connectivity index (χ4n) is 4.63. The Hall–Kier alpha value is -1.35. The van der Waals surface area contributed by atoms with Crippen LogP contribution in [0.25, 0.3) is 0 Å². The predicted molar refractivity (Wildman–Crippen MR) is 92.3 cm³/mol. The molecule has 1 aromatic rings. The molecule has 3 aliphatic rings. The van der Waals surface area contributed by atoms with Gasteiger partial charge >= 0.3 is 0 Å². The van der Waals surface area contributed by atoms with Crippen molar-refractivity contribution in [1.29, 1.82) is 0 Å². The zero-order valence-electron chi connectivity index (χ0n) is 14.0. The van der Waals surface area contributed by atoms with Gasteiger partial charge in [-0.15, -0.1) is 0 Å². The van der Waals surface area contributed by atoms with Crippen molar-refractivity contribution < 1.29 is 4.79 Å². The lowest BCUT2D eigenvalue weighted by Crippen LogP contribution is -2.48. The average molecular weight is 312 g/mol. The zero-order valence-corrected chi connectivity index (χ0v) is 14.0. The van der Waals surface area contributed by atoms with Crippen molar-refractivity contribution in [1.82, 2.24) is 10.2 Å². The van der Waals surface area contributed by atoms with Crippen LogP contribution in [0.4, 0.5) is 0 Å². The van der Waals surface area contributed by atoms with Crippen LogP contribution >= 0.6 is 0 Å². The summed E-state index contributed by atoms with van der Waals surface area (Å²) in [5.41, 5.74) is 1.60. The summed E-state index contributed by atoms with van der Waals surface area (Å²) in [5.74, 6) is 0.275.